The first-order valence-electron chi connectivity index (χ1n) is 6.59. The molecule has 2 amide bonds. The zero-order valence-corrected chi connectivity index (χ0v) is 12.7. The lowest BCUT2D eigenvalue weighted by molar-refractivity contribution is 0.0555. The van der Waals surface area contributed by atoms with E-state index in [4.69, 9.17) is 0 Å². The van der Waals surface area contributed by atoms with Crippen LogP contribution < -0.4 is 10.6 Å². The van der Waals surface area contributed by atoms with Gasteiger partial charge in [-0.05, 0) is 35.4 Å². The number of carbonyl (C=O) groups is 1. The fourth-order valence-electron chi connectivity index (χ4n) is 1.91. The smallest absolute Gasteiger partial charge is 0.315 e. The van der Waals surface area contributed by atoms with Gasteiger partial charge in [-0.2, -0.15) is 11.3 Å². The summed E-state index contributed by atoms with van der Waals surface area (Å²) in [6.45, 7) is 1.51. The van der Waals surface area contributed by atoms with Crippen LogP contribution in [0.1, 0.15) is 18.1 Å². The lowest BCUT2D eigenvalue weighted by Crippen LogP contribution is -2.43. The third-order valence-electron chi connectivity index (χ3n) is 3.14. The van der Waals surface area contributed by atoms with Crippen LogP contribution >= 0.6 is 11.3 Å². The summed E-state index contributed by atoms with van der Waals surface area (Å²) in [5.74, 6) is -1.58. The first kappa shape index (κ1) is 16.4. The number of hydrogen-bond donors (Lipinski definition) is 3. The van der Waals surface area contributed by atoms with Crippen LogP contribution in [0.15, 0.2) is 35.0 Å². The minimum absolute atomic E-state index is 0.0768. The molecule has 0 saturated heterocycles. The van der Waals surface area contributed by atoms with E-state index in [1.165, 1.54) is 18.3 Å². The third-order valence-corrected chi connectivity index (χ3v) is 3.87. The largest absolute Gasteiger partial charge is 0.383 e. The molecule has 1 unspecified atom stereocenters. The van der Waals surface area contributed by atoms with Crippen LogP contribution in [0.5, 0.6) is 0 Å². The summed E-state index contributed by atoms with van der Waals surface area (Å²) in [7, 11) is 0. The minimum Gasteiger partial charge on any atom is -0.383 e. The van der Waals surface area contributed by atoms with Gasteiger partial charge in [-0.1, -0.05) is 6.07 Å². The third kappa shape index (κ3) is 4.25. The summed E-state index contributed by atoms with van der Waals surface area (Å²) in [4.78, 5) is 11.7. The van der Waals surface area contributed by atoms with Gasteiger partial charge >= 0.3 is 6.03 Å². The minimum atomic E-state index is -1.64. The van der Waals surface area contributed by atoms with Gasteiger partial charge in [0.05, 0.1) is 6.54 Å². The lowest BCUT2D eigenvalue weighted by Gasteiger charge is -2.24. The van der Waals surface area contributed by atoms with Crippen molar-refractivity contribution in [3.63, 3.8) is 0 Å². The number of carbonyl (C=O) groups excluding carboxylic acids is 1. The van der Waals surface area contributed by atoms with Gasteiger partial charge in [-0.25, -0.2) is 13.6 Å². The summed E-state index contributed by atoms with van der Waals surface area (Å²) in [5, 5.41) is 19.2. The molecule has 22 heavy (non-hydrogen) atoms. The van der Waals surface area contributed by atoms with Gasteiger partial charge in [0.2, 0.25) is 0 Å². The monoisotopic (exact) mass is 326 g/mol. The van der Waals surface area contributed by atoms with Gasteiger partial charge in [0, 0.05) is 18.2 Å². The second kappa shape index (κ2) is 6.85. The molecule has 0 radical (unpaired) electrons. The maximum absolute atomic E-state index is 13.7. The molecule has 1 heterocycles. The Hall–Kier alpha value is -1.99. The molecule has 0 spiro atoms. The quantitative estimate of drug-likeness (QED) is 0.791. The van der Waals surface area contributed by atoms with Gasteiger partial charge in [0.25, 0.3) is 0 Å². The summed E-state index contributed by atoms with van der Waals surface area (Å²) in [6, 6.07) is 4.32. The number of halogens is 2. The maximum Gasteiger partial charge on any atom is 0.315 e. The number of aliphatic hydroxyl groups is 1. The fraction of sp³-hybridized carbons (Fsp3) is 0.267. The molecular formula is C15H16F2N2O2S. The summed E-state index contributed by atoms with van der Waals surface area (Å²) < 4.78 is 26.6. The Morgan fingerprint density at radius 3 is 2.73 bits per heavy atom. The lowest BCUT2D eigenvalue weighted by atomic mass is 9.95. The van der Waals surface area contributed by atoms with E-state index in [9.17, 15) is 18.7 Å². The topological polar surface area (TPSA) is 61.4 Å². The molecular weight excluding hydrogens is 310 g/mol. The summed E-state index contributed by atoms with van der Waals surface area (Å²) in [5.41, 5.74) is -0.749. The molecule has 0 saturated carbocycles. The fourth-order valence-corrected chi connectivity index (χ4v) is 2.58. The first-order chi connectivity index (χ1) is 10.4. The number of nitrogens with one attached hydrogen (secondary N) is 2. The normalized spacial score (nSPS) is 13.5. The zero-order valence-electron chi connectivity index (χ0n) is 11.9. The molecule has 0 fully saturated rings. The van der Waals surface area contributed by atoms with Crippen LogP contribution in [0, 0.1) is 11.6 Å². The Bertz CT molecular complexity index is 645. The van der Waals surface area contributed by atoms with E-state index in [0.717, 1.165) is 17.7 Å². The molecule has 0 aliphatic heterocycles. The van der Waals surface area contributed by atoms with Crippen molar-refractivity contribution in [2.45, 2.75) is 19.1 Å². The predicted octanol–water partition coefficient (Wildman–Crippen LogP) is 2.73. The second-order valence-corrected chi connectivity index (χ2v) is 5.85. The van der Waals surface area contributed by atoms with Crippen molar-refractivity contribution in [2.24, 2.45) is 0 Å². The van der Waals surface area contributed by atoms with E-state index in [0.29, 0.717) is 12.6 Å². The number of thiophene rings is 1. The Labute approximate surface area is 130 Å². The highest BCUT2D eigenvalue weighted by Gasteiger charge is 2.27. The van der Waals surface area contributed by atoms with Crippen LogP contribution in [-0.2, 0) is 12.1 Å². The molecule has 2 rings (SSSR count). The molecule has 4 nitrogen and oxygen atoms in total. The van der Waals surface area contributed by atoms with E-state index < -0.39 is 23.3 Å². The number of amides is 2. The van der Waals surface area contributed by atoms with E-state index in [2.05, 4.69) is 10.6 Å². The van der Waals surface area contributed by atoms with Crippen molar-refractivity contribution in [3.05, 3.63) is 57.8 Å². The van der Waals surface area contributed by atoms with Crippen molar-refractivity contribution in [2.75, 3.05) is 6.54 Å². The maximum atomic E-state index is 13.7. The highest BCUT2D eigenvalue weighted by atomic mass is 32.1. The predicted molar refractivity (Wildman–Crippen MR) is 80.5 cm³/mol. The van der Waals surface area contributed by atoms with Crippen LogP contribution in [0.2, 0.25) is 0 Å². The average molecular weight is 326 g/mol. The Morgan fingerprint density at radius 1 is 1.32 bits per heavy atom. The van der Waals surface area contributed by atoms with Crippen LogP contribution in [0.25, 0.3) is 0 Å². The molecule has 0 aliphatic carbocycles. The van der Waals surface area contributed by atoms with Crippen molar-refractivity contribution in [3.8, 4) is 0 Å². The Morgan fingerprint density at radius 2 is 2.09 bits per heavy atom. The molecule has 2 aromatic rings. The standard InChI is InChI=1S/C15H16F2N2O2S/c1-15(21,12-3-2-11(16)6-13(12)17)9-19-14(20)18-7-10-4-5-22-8-10/h2-6,8,21H,7,9H2,1H3,(H2,18,19,20). The Kier molecular flexibility index (Phi) is 5.10. The molecule has 118 valence electrons. The van der Waals surface area contributed by atoms with E-state index in [1.54, 1.807) is 0 Å². The van der Waals surface area contributed by atoms with E-state index in [-0.39, 0.29) is 12.1 Å². The van der Waals surface area contributed by atoms with Crippen LogP contribution in [0.4, 0.5) is 13.6 Å². The van der Waals surface area contributed by atoms with E-state index >= 15 is 0 Å². The molecule has 0 aliphatic rings. The number of benzene rings is 1. The SMILES string of the molecule is CC(O)(CNC(=O)NCc1ccsc1)c1ccc(F)cc1F. The van der Waals surface area contributed by atoms with E-state index in [1.807, 2.05) is 16.8 Å². The molecule has 1 atom stereocenters. The first-order valence-corrected chi connectivity index (χ1v) is 7.53. The molecule has 3 N–H and O–H groups in total. The van der Waals surface area contributed by atoms with Gasteiger partial charge < -0.3 is 15.7 Å². The van der Waals surface area contributed by atoms with Crippen LogP contribution in [-0.4, -0.2) is 17.7 Å². The molecule has 7 heteroatoms. The van der Waals surface area contributed by atoms with Crippen molar-refractivity contribution in [1.82, 2.24) is 10.6 Å². The van der Waals surface area contributed by atoms with Crippen molar-refractivity contribution in [1.29, 1.82) is 0 Å². The number of urea groups is 1. The van der Waals surface area contributed by atoms with Gasteiger partial charge in [0.15, 0.2) is 0 Å². The van der Waals surface area contributed by atoms with Crippen molar-refractivity contribution >= 4 is 17.4 Å². The summed E-state index contributed by atoms with van der Waals surface area (Å²) in [6.07, 6.45) is 0. The summed E-state index contributed by atoms with van der Waals surface area (Å²) >= 11 is 1.52. The highest BCUT2D eigenvalue weighted by Crippen LogP contribution is 2.23. The van der Waals surface area contributed by atoms with Crippen LogP contribution in [0.3, 0.4) is 0 Å². The highest BCUT2D eigenvalue weighted by molar-refractivity contribution is 7.07. The van der Waals surface area contributed by atoms with Gasteiger partial charge in [0.1, 0.15) is 17.2 Å². The molecule has 0 bridgehead atoms. The Balaban J connectivity index is 1.90. The average Bonchev–Trinajstić information content (AvgIpc) is 2.96. The molecule has 1 aromatic heterocycles. The van der Waals surface area contributed by atoms with Gasteiger partial charge in [-0.15, -0.1) is 0 Å². The van der Waals surface area contributed by atoms with Gasteiger partial charge in [-0.3, -0.25) is 0 Å². The second-order valence-electron chi connectivity index (χ2n) is 5.07. The number of rotatable bonds is 5. The number of hydrogen-bond acceptors (Lipinski definition) is 3. The molecule has 1 aromatic carbocycles. The zero-order chi connectivity index (χ0) is 16.2. The van der Waals surface area contributed by atoms with Crippen molar-refractivity contribution < 1.29 is 18.7 Å².